The highest BCUT2D eigenvalue weighted by Gasteiger charge is 2.50. The summed E-state index contributed by atoms with van der Waals surface area (Å²) in [4.78, 5) is 20.8. The molecule has 3 aromatic carbocycles. The van der Waals surface area contributed by atoms with Crippen molar-refractivity contribution in [2.24, 2.45) is 0 Å². The summed E-state index contributed by atoms with van der Waals surface area (Å²) in [6, 6.07) is 27.1. The summed E-state index contributed by atoms with van der Waals surface area (Å²) in [6.45, 7) is 10.3. The highest BCUT2D eigenvalue weighted by atomic mass is 28.4. The maximum absolute atomic E-state index is 11.6. The van der Waals surface area contributed by atoms with Gasteiger partial charge in [0.15, 0.2) is 5.82 Å². The van der Waals surface area contributed by atoms with Crippen molar-refractivity contribution in [3.63, 3.8) is 0 Å². The van der Waals surface area contributed by atoms with Crippen molar-refractivity contribution in [3.8, 4) is 5.75 Å². The maximum atomic E-state index is 11.6. The molecule has 0 spiro atoms. The van der Waals surface area contributed by atoms with E-state index in [-0.39, 0.29) is 17.0 Å². The van der Waals surface area contributed by atoms with Gasteiger partial charge in [0.25, 0.3) is 8.32 Å². The minimum absolute atomic E-state index is 0.0227. The van der Waals surface area contributed by atoms with Crippen LogP contribution in [0, 0.1) is 0 Å². The average Bonchev–Trinajstić information content (AvgIpc) is 3.49. The van der Waals surface area contributed by atoms with Crippen LogP contribution < -0.4 is 25.7 Å². The van der Waals surface area contributed by atoms with Crippen LogP contribution in [0.5, 0.6) is 5.75 Å². The number of amides is 1. The first-order valence-corrected chi connectivity index (χ1v) is 18.9. The molecule has 12 heteroatoms. The number of anilines is 2. The highest BCUT2D eigenvalue weighted by molar-refractivity contribution is 6.99. The summed E-state index contributed by atoms with van der Waals surface area (Å²) in [5.74, 6) is 1.19. The third kappa shape index (κ3) is 8.15. The molecule has 1 unspecified atom stereocenters. The molecule has 3 N–H and O–H groups in total. The van der Waals surface area contributed by atoms with Gasteiger partial charge in [-0.15, -0.1) is 0 Å². The molecule has 1 amide bonds. The Kier molecular flexibility index (Phi) is 11.9. The standard InChI is InChI=1S/C38H48N6O5Si/c1-7-14-29(21-22-49-50(38(2,3)4,30-15-10-8-11-16-30)31-17-12-9-13-18-31)40-35-34-32(41-36(42-35)43-37(45)46)24-39-44(34)25-28-23-27(26-47-5)19-20-33(28)48-6/h8-13,15-20,23-24,29H,7,14,21-22,25-26H2,1-6H3,(H,45,46)(H2,40,41,42,43). The molecular weight excluding hydrogens is 649 g/mol. The van der Waals surface area contributed by atoms with E-state index in [1.165, 1.54) is 10.4 Å². The molecule has 11 nitrogen and oxygen atoms in total. The number of methoxy groups -OCH3 is 2. The summed E-state index contributed by atoms with van der Waals surface area (Å²) >= 11 is 0. The van der Waals surface area contributed by atoms with Gasteiger partial charge < -0.3 is 24.3 Å². The SMILES string of the molecule is CCCC(CCO[Si](c1ccccc1)(c1ccccc1)C(C)(C)C)Nc1nc(NC(=O)O)nc2cnn(Cc3cc(COC)ccc3OC)c12. The van der Waals surface area contributed by atoms with Crippen molar-refractivity contribution >= 4 is 47.6 Å². The lowest BCUT2D eigenvalue weighted by atomic mass is 10.1. The number of carbonyl (C=O) groups is 1. The van der Waals surface area contributed by atoms with Gasteiger partial charge in [-0.2, -0.15) is 10.1 Å². The van der Waals surface area contributed by atoms with Crippen molar-refractivity contribution in [1.29, 1.82) is 0 Å². The number of nitrogens with one attached hydrogen (secondary N) is 2. The molecule has 5 rings (SSSR count). The number of rotatable bonds is 16. The minimum atomic E-state index is -2.73. The number of benzene rings is 3. The quantitative estimate of drug-likeness (QED) is 0.0969. The lowest BCUT2D eigenvalue weighted by molar-refractivity contribution is 0.184. The summed E-state index contributed by atoms with van der Waals surface area (Å²) in [5, 5.41) is 22.4. The van der Waals surface area contributed by atoms with Crippen LogP contribution in [0.1, 0.15) is 58.1 Å². The monoisotopic (exact) mass is 696 g/mol. The van der Waals surface area contributed by atoms with E-state index in [4.69, 9.17) is 13.9 Å². The Balaban J connectivity index is 1.49. The fourth-order valence-electron chi connectivity index (χ4n) is 6.69. The van der Waals surface area contributed by atoms with Crippen LogP contribution in [-0.4, -0.2) is 66.1 Å². The van der Waals surface area contributed by atoms with Gasteiger partial charge in [0.05, 0.1) is 26.5 Å². The smallest absolute Gasteiger partial charge is 0.411 e. The molecular formula is C38H48N6O5Si. The summed E-state index contributed by atoms with van der Waals surface area (Å²) in [6.07, 6.45) is 2.85. The third-order valence-corrected chi connectivity index (χ3v) is 13.9. The van der Waals surface area contributed by atoms with Gasteiger partial charge in [-0.05, 0) is 45.9 Å². The van der Waals surface area contributed by atoms with E-state index in [0.29, 0.717) is 43.0 Å². The molecule has 0 fully saturated rings. The van der Waals surface area contributed by atoms with E-state index >= 15 is 0 Å². The fraction of sp³-hybridized carbons (Fsp3) is 0.368. The molecule has 2 aromatic heterocycles. The Morgan fingerprint density at radius 1 is 0.960 bits per heavy atom. The normalized spacial score (nSPS) is 12.5. The van der Waals surface area contributed by atoms with Gasteiger partial charge in [-0.3, -0.25) is 10.00 Å². The molecule has 1 atom stereocenters. The zero-order chi connectivity index (χ0) is 35.7. The number of aromatic nitrogens is 4. The van der Waals surface area contributed by atoms with Gasteiger partial charge in [0.1, 0.15) is 16.8 Å². The van der Waals surface area contributed by atoms with Crippen LogP contribution >= 0.6 is 0 Å². The number of carboxylic acid groups (broad SMARTS) is 1. The van der Waals surface area contributed by atoms with Gasteiger partial charge in [0.2, 0.25) is 5.95 Å². The predicted molar refractivity (Wildman–Crippen MR) is 200 cm³/mol. The Labute approximate surface area is 295 Å². The van der Waals surface area contributed by atoms with Gasteiger partial charge >= 0.3 is 6.09 Å². The van der Waals surface area contributed by atoms with Crippen molar-refractivity contribution in [2.45, 2.75) is 71.2 Å². The average molecular weight is 697 g/mol. The number of nitrogens with zero attached hydrogens (tertiary/aromatic N) is 4. The minimum Gasteiger partial charge on any atom is -0.496 e. The molecule has 0 radical (unpaired) electrons. The van der Waals surface area contributed by atoms with Crippen molar-refractivity contribution in [3.05, 3.63) is 96.2 Å². The van der Waals surface area contributed by atoms with Crippen molar-refractivity contribution in [2.75, 3.05) is 31.5 Å². The van der Waals surface area contributed by atoms with E-state index in [0.717, 1.165) is 29.7 Å². The molecule has 264 valence electrons. The number of ether oxygens (including phenoxy) is 2. The van der Waals surface area contributed by atoms with Crippen molar-refractivity contribution in [1.82, 2.24) is 19.7 Å². The highest BCUT2D eigenvalue weighted by Crippen LogP contribution is 2.37. The first-order chi connectivity index (χ1) is 24.1. The van der Waals surface area contributed by atoms with E-state index < -0.39 is 14.4 Å². The number of hydrogen-bond acceptors (Lipinski definition) is 8. The van der Waals surface area contributed by atoms with E-state index in [9.17, 15) is 9.90 Å². The second kappa shape index (κ2) is 16.3. The molecule has 0 saturated heterocycles. The molecule has 50 heavy (non-hydrogen) atoms. The van der Waals surface area contributed by atoms with Gasteiger partial charge in [0, 0.05) is 25.3 Å². The van der Waals surface area contributed by atoms with Crippen LogP contribution in [0.15, 0.2) is 85.1 Å². The second-order valence-corrected chi connectivity index (χ2v) is 17.7. The fourth-order valence-corrected chi connectivity index (χ4v) is 11.3. The van der Waals surface area contributed by atoms with Crippen LogP contribution in [0.2, 0.25) is 5.04 Å². The Hall–Kier alpha value is -4.78. The summed E-state index contributed by atoms with van der Waals surface area (Å²) in [7, 11) is 0.574. The largest absolute Gasteiger partial charge is 0.496 e. The predicted octanol–water partition coefficient (Wildman–Crippen LogP) is 6.67. The molecule has 0 saturated carbocycles. The lowest BCUT2D eigenvalue weighted by Gasteiger charge is -2.43. The third-order valence-electron chi connectivity index (χ3n) is 8.86. The topological polar surface area (TPSA) is 133 Å². The van der Waals surface area contributed by atoms with Crippen molar-refractivity contribution < 1.29 is 23.8 Å². The Morgan fingerprint density at radius 3 is 2.22 bits per heavy atom. The van der Waals surface area contributed by atoms with E-state index in [2.05, 4.69) is 102 Å². The van der Waals surface area contributed by atoms with Gasteiger partial charge in [-0.1, -0.05) is 101 Å². The van der Waals surface area contributed by atoms with E-state index in [1.54, 1.807) is 20.4 Å². The Morgan fingerprint density at radius 2 is 1.64 bits per heavy atom. The number of fused-ring (bicyclic) bond motifs is 1. The molecule has 0 aliphatic rings. The molecule has 0 aliphatic carbocycles. The zero-order valence-corrected chi connectivity index (χ0v) is 30.8. The second-order valence-electron chi connectivity index (χ2n) is 13.4. The lowest BCUT2D eigenvalue weighted by Crippen LogP contribution is -2.66. The molecule has 5 aromatic rings. The number of hydrogen-bond donors (Lipinski definition) is 3. The van der Waals surface area contributed by atoms with Crippen LogP contribution in [-0.2, 0) is 22.3 Å². The Bertz CT molecular complexity index is 1820. The molecule has 2 heterocycles. The maximum Gasteiger partial charge on any atom is 0.411 e. The van der Waals surface area contributed by atoms with E-state index in [1.807, 2.05) is 35.0 Å². The molecule has 0 aliphatic heterocycles. The molecule has 0 bridgehead atoms. The van der Waals surface area contributed by atoms with Crippen LogP contribution in [0.3, 0.4) is 0 Å². The first-order valence-electron chi connectivity index (χ1n) is 17.0. The summed E-state index contributed by atoms with van der Waals surface area (Å²) < 4.78 is 20.1. The van der Waals surface area contributed by atoms with Crippen LogP contribution in [0.25, 0.3) is 11.0 Å². The zero-order valence-electron chi connectivity index (χ0n) is 29.8. The first kappa shape index (κ1) is 36.5. The van der Waals surface area contributed by atoms with Gasteiger partial charge in [-0.25, -0.2) is 9.78 Å². The summed E-state index contributed by atoms with van der Waals surface area (Å²) in [5.41, 5.74) is 3.09. The van der Waals surface area contributed by atoms with Crippen LogP contribution in [0.4, 0.5) is 16.6 Å².